The van der Waals surface area contributed by atoms with Crippen LogP contribution in [-0.4, -0.2) is 31.6 Å². The number of quaternary nitrogens is 1. The SMILES string of the molecule is COC(=O)[C@@H]1Cc2ccccc2C[NH+]1CC(=O)NCc1ccc(F)cc1. The van der Waals surface area contributed by atoms with Crippen LogP contribution in [0.25, 0.3) is 0 Å². The molecule has 2 N–H and O–H groups in total. The van der Waals surface area contributed by atoms with Crippen LogP contribution in [0.1, 0.15) is 16.7 Å². The summed E-state index contributed by atoms with van der Waals surface area (Å²) in [6.45, 7) is 1.10. The van der Waals surface area contributed by atoms with E-state index in [0.29, 0.717) is 19.5 Å². The second-order valence-corrected chi connectivity index (χ2v) is 6.46. The molecule has 0 aromatic heterocycles. The van der Waals surface area contributed by atoms with E-state index in [1.165, 1.54) is 19.2 Å². The van der Waals surface area contributed by atoms with Crippen molar-refractivity contribution in [2.45, 2.75) is 25.6 Å². The molecule has 26 heavy (non-hydrogen) atoms. The van der Waals surface area contributed by atoms with E-state index in [1.807, 2.05) is 24.3 Å². The predicted octanol–water partition coefficient (Wildman–Crippen LogP) is 0.625. The molecule has 0 bridgehead atoms. The number of nitrogens with one attached hydrogen (secondary N) is 2. The third-order valence-electron chi connectivity index (χ3n) is 4.73. The quantitative estimate of drug-likeness (QED) is 0.772. The lowest BCUT2D eigenvalue weighted by molar-refractivity contribution is -0.924. The average Bonchev–Trinajstić information content (AvgIpc) is 2.66. The van der Waals surface area contributed by atoms with Crippen LogP contribution in [0, 0.1) is 5.82 Å². The Morgan fingerprint density at radius 3 is 2.54 bits per heavy atom. The van der Waals surface area contributed by atoms with Crippen molar-refractivity contribution in [1.82, 2.24) is 5.32 Å². The molecule has 0 saturated carbocycles. The van der Waals surface area contributed by atoms with Crippen LogP contribution >= 0.6 is 0 Å². The molecule has 0 spiro atoms. The van der Waals surface area contributed by atoms with E-state index in [1.54, 1.807) is 12.1 Å². The molecule has 2 atom stereocenters. The van der Waals surface area contributed by atoms with Crippen LogP contribution in [0.3, 0.4) is 0 Å². The van der Waals surface area contributed by atoms with Gasteiger partial charge in [0.1, 0.15) is 12.4 Å². The lowest BCUT2D eigenvalue weighted by Gasteiger charge is -2.31. The van der Waals surface area contributed by atoms with Crippen molar-refractivity contribution in [1.29, 1.82) is 0 Å². The van der Waals surface area contributed by atoms with Crippen molar-refractivity contribution in [3.8, 4) is 0 Å². The van der Waals surface area contributed by atoms with Gasteiger partial charge in [-0.05, 0) is 23.3 Å². The van der Waals surface area contributed by atoms with Gasteiger partial charge in [-0.2, -0.15) is 0 Å². The highest BCUT2D eigenvalue weighted by Crippen LogP contribution is 2.14. The Kier molecular flexibility index (Phi) is 5.63. The molecule has 0 saturated heterocycles. The van der Waals surface area contributed by atoms with Gasteiger partial charge in [0.15, 0.2) is 12.6 Å². The molecule has 0 fully saturated rings. The van der Waals surface area contributed by atoms with Gasteiger partial charge in [-0.3, -0.25) is 4.79 Å². The lowest BCUT2D eigenvalue weighted by atomic mass is 9.94. The Bertz CT molecular complexity index is 792. The van der Waals surface area contributed by atoms with Gasteiger partial charge in [0, 0.05) is 18.5 Å². The Labute approximate surface area is 151 Å². The zero-order chi connectivity index (χ0) is 18.5. The molecule has 2 aromatic carbocycles. The van der Waals surface area contributed by atoms with Gasteiger partial charge in [0.2, 0.25) is 0 Å². The zero-order valence-corrected chi connectivity index (χ0v) is 14.6. The number of methoxy groups -OCH3 is 1. The maximum Gasteiger partial charge on any atom is 0.365 e. The molecule has 5 nitrogen and oxygen atoms in total. The van der Waals surface area contributed by atoms with Gasteiger partial charge in [0.25, 0.3) is 5.91 Å². The number of carbonyl (C=O) groups excluding carboxylic acids is 2. The van der Waals surface area contributed by atoms with Crippen molar-refractivity contribution < 1.29 is 23.6 Å². The van der Waals surface area contributed by atoms with E-state index < -0.39 is 6.04 Å². The number of esters is 1. The Morgan fingerprint density at radius 2 is 1.85 bits per heavy atom. The molecule has 0 aliphatic carbocycles. The number of hydrogen-bond donors (Lipinski definition) is 2. The van der Waals surface area contributed by atoms with Crippen LogP contribution in [-0.2, 0) is 33.8 Å². The first-order chi connectivity index (χ1) is 12.6. The molecule has 6 heteroatoms. The first-order valence-electron chi connectivity index (χ1n) is 8.57. The fraction of sp³-hybridized carbons (Fsp3) is 0.300. The number of amides is 1. The highest BCUT2D eigenvalue weighted by molar-refractivity contribution is 5.78. The molecule has 1 aliphatic rings. The lowest BCUT2D eigenvalue weighted by Crippen LogP contribution is -3.17. The van der Waals surface area contributed by atoms with E-state index in [-0.39, 0.29) is 24.2 Å². The summed E-state index contributed by atoms with van der Waals surface area (Å²) in [7, 11) is 1.37. The first kappa shape index (κ1) is 18.1. The zero-order valence-electron chi connectivity index (χ0n) is 14.6. The van der Waals surface area contributed by atoms with Gasteiger partial charge in [-0.25, -0.2) is 9.18 Å². The molecule has 136 valence electrons. The summed E-state index contributed by atoms with van der Waals surface area (Å²) in [4.78, 5) is 25.4. The van der Waals surface area contributed by atoms with Crippen LogP contribution < -0.4 is 10.2 Å². The van der Waals surface area contributed by atoms with Crippen LogP contribution in [0.5, 0.6) is 0 Å². The van der Waals surface area contributed by atoms with Gasteiger partial charge in [-0.15, -0.1) is 0 Å². The minimum Gasteiger partial charge on any atom is -0.465 e. The largest absolute Gasteiger partial charge is 0.465 e. The van der Waals surface area contributed by atoms with E-state index >= 15 is 0 Å². The summed E-state index contributed by atoms with van der Waals surface area (Å²) in [5.41, 5.74) is 3.09. The van der Waals surface area contributed by atoms with Gasteiger partial charge >= 0.3 is 5.97 Å². The monoisotopic (exact) mass is 357 g/mol. The van der Waals surface area contributed by atoms with Crippen molar-refractivity contribution in [3.63, 3.8) is 0 Å². The van der Waals surface area contributed by atoms with Crippen molar-refractivity contribution in [2.24, 2.45) is 0 Å². The summed E-state index contributed by atoms with van der Waals surface area (Å²) >= 11 is 0. The number of carbonyl (C=O) groups is 2. The number of fused-ring (bicyclic) bond motifs is 1. The van der Waals surface area contributed by atoms with Crippen molar-refractivity contribution in [3.05, 3.63) is 71.0 Å². The third-order valence-corrected chi connectivity index (χ3v) is 4.73. The summed E-state index contributed by atoms with van der Waals surface area (Å²) in [5, 5.41) is 2.83. The number of halogens is 1. The Balaban J connectivity index is 1.64. The smallest absolute Gasteiger partial charge is 0.365 e. The van der Waals surface area contributed by atoms with E-state index in [4.69, 9.17) is 4.74 Å². The van der Waals surface area contributed by atoms with E-state index in [2.05, 4.69) is 5.32 Å². The second-order valence-electron chi connectivity index (χ2n) is 6.46. The van der Waals surface area contributed by atoms with Crippen molar-refractivity contribution >= 4 is 11.9 Å². The maximum atomic E-state index is 12.9. The topological polar surface area (TPSA) is 59.8 Å². The van der Waals surface area contributed by atoms with Gasteiger partial charge in [0.05, 0.1) is 7.11 Å². The van der Waals surface area contributed by atoms with Gasteiger partial charge < -0.3 is 15.0 Å². The highest BCUT2D eigenvalue weighted by Gasteiger charge is 2.36. The molecule has 1 unspecified atom stereocenters. The van der Waals surface area contributed by atoms with E-state index in [0.717, 1.165) is 21.6 Å². The molecule has 1 aliphatic heterocycles. The molecular formula is C20H22FN2O3+. The minimum atomic E-state index is -0.397. The number of benzene rings is 2. The Morgan fingerprint density at radius 1 is 1.15 bits per heavy atom. The molecule has 0 radical (unpaired) electrons. The fourth-order valence-corrected chi connectivity index (χ4v) is 3.31. The summed E-state index contributed by atoms with van der Waals surface area (Å²) in [6.07, 6.45) is 0.559. The number of rotatable bonds is 5. The first-order valence-corrected chi connectivity index (χ1v) is 8.57. The second kappa shape index (κ2) is 8.10. The molecular weight excluding hydrogens is 335 g/mol. The van der Waals surface area contributed by atoms with Crippen LogP contribution in [0.2, 0.25) is 0 Å². The summed E-state index contributed by atoms with van der Waals surface area (Å²) < 4.78 is 17.9. The molecule has 1 heterocycles. The van der Waals surface area contributed by atoms with Crippen LogP contribution in [0.4, 0.5) is 4.39 Å². The highest BCUT2D eigenvalue weighted by atomic mass is 19.1. The third kappa shape index (κ3) is 4.26. The normalized spacial score (nSPS) is 18.7. The Hall–Kier alpha value is -2.73. The summed E-state index contributed by atoms with van der Waals surface area (Å²) in [6, 6.07) is 13.6. The number of ether oxygens (including phenoxy) is 1. The number of hydrogen-bond acceptors (Lipinski definition) is 3. The van der Waals surface area contributed by atoms with Crippen molar-refractivity contribution in [2.75, 3.05) is 13.7 Å². The fourth-order valence-electron chi connectivity index (χ4n) is 3.31. The van der Waals surface area contributed by atoms with E-state index in [9.17, 15) is 14.0 Å². The average molecular weight is 357 g/mol. The van der Waals surface area contributed by atoms with Gasteiger partial charge in [-0.1, -0.05) is 36.4 Å². The molecule has 3 rings (SSSR count). The minimum absolute atomic E-state index is 0.155. The summed E-state index contributed by atoms with van der Waals surface area (Å²) in [5.74, 6) is -0.768. The van der Waals surface area contributed by atoms with Crippen LogP contribution in [0.15, 0.2) is 48.5 Å². The standard InChI is InChI=1S/C20H21FN2O3/c1-26-20(25)18-10-15-4-2-3-5-16(15)12-23(18)13-19(24)22-11-14-6-8-17(21)9-7-14/h2-9,18H,10-13H2,1H3,(H,22,24)/p+1/t18-/m0/s1. The maximum absolute atomic E-state index is 12.9. The predicted molar refractivity (Wildman–Crippen MR) is 93.7 cm³/mol. The molecule has 1 amide bonds. The molecule has 2 aromatic rings.